The highest BCUT2D eigenvalue weighted by Crippen LogP contribution is 2.27. The molecule has 1 N–H and O–H groups in total. The van der Waals surface area contributed by atoms with Crippen LogP contribution in [0.4, 0.5) is 0 Å². The van der Waals surface area contributed by atoms with E-state index in [9.17, 15) is 0 Å². The van der Waals surface area contributed by atoms with E-state index in [4.69, 9.17) is 9.47 Å². The molecule has 0 radical (unpaired) electrons. The van der Waals surface area contributed by atoms with Gasteiger partial charge >= 0.3 is 0 Å². The van der Waals surface area contributed by atoms with Crippen LogP contribution in [0.25, 0.3) is 0 Å². The Bertz CT molecular complexity index is 353. The van der Waals surface area contributed by atoms with E-state index in [0.717, 1.165) is 19.6 Å². The predicted octanol–water partition coefficient (Wildman–Crippen LogP) is 2.34. The first kappa shape index (κ1) is 13.0. The molecule has 0 bridgehead atoms. The van der Waals surface area contributed by atoms with Gasteiger partial charge in [-0.25, -0.2) is 0 Å². The number of thiophene rings is 1. The van der Waals surface area contributed by atoms with Crippen molar-refractivity contribution in [2.45, 2.75) is 45.1 Å². The SMILES string of the molecule is CCOC1CC(NCc2ccc(C)s2)C1OC. The Morgan fingerprint density at radius 1 is 1.47 bits per heavy atom. The van der Waals surface area contributed by atoms with Crippen molar-refractivity contribution in [3.63, 3.8) is 0 Å². The molecule has 1 aromatic heterocycles. The Balaban J connectivity index is 1.77. The third-order valence-electron chi connectivity index (χ3n) is 3.24. The lowest BCUT2D eigenvalue weighted by atomic mass is 9.85. The largest absolute Gasteiger partial charge is 0.377 e. The molecule has 2 rings (SSSR count). The van der Waals surface area contributed by atoms with Gasteiger partial charge in [0.25, 0.3) is 0 Å². The number of rotatable bonds is 6. The molecule has 17 heavy (non-hydrogen) atoms. The minimum absolute atomic E-state index is 0.205. The minimum atomic E-state index is 0.205. The summed E-state index contributed by atoms with van der Waals surface area (Å²) in [7, 11) is 1.76. The van der Waals surface area contributed by atoms with Crippen LogP contribution in [0.5, 0.6) is 0 Å². The van der Waals surface area contributed by atoms with E-state index >= 15 is 0 Å². The normalized spacial score (nSPS) is 28.1. The van der Waals surface area contributed by atoms with Crippen molar-refractivity contribution in [2.24, 2.45) is 0 Å². The Labute approximate surface area is 107 Å². The van der Waals surface area contributed by atoms with Crippen LogP contribution < -0.4 is 5.32 Å². The van der Waals surface area contributed by atoms with E-state index in [1.165, 1.54) is 9.75 Å². The lowest BCUT2D eigenvalue weighted by molar-refractivity contribution is -0.131. The Kier molecular flexibility index (Phi) is 4.56. The molecule has 3 nitrogen and oxygen atoms in total. The third-order valence-corrected chi connectivity index (χ3v) is 4.24. The van der Waals surface area contributed by atoms with Crippen LogP contribution in [0.1, 0.15) is 23.1 Å². The quantitative estimate of drug-likeness (QED) is 0.846. The topological polar surface area (TPSA) is 30.5 Å². The number of methoxy groups -OCH3 is 1. The van der Waals surface area contributed by atoms with Crippen molar-refractivity contribution in [3.05, 3.63) is 21.9 Å². The second kappa shape index (κ2) is 5.96. The molecule has 4 heteroatoms. The lowest BCUT2D eigenvalue weighted by Gasteiger charge is -2.43. The lowest BCUT2D eigenvalue weighted by Crippen LogP contribution is -2.59. The summed E-state index contributed by atoms with van der Waals surface area (Å²) in [5.41, 5.74) is 0. The van der Waals surface area contributed by atoms with Crippen LogP contribution in [0.15, 0.2) is 12.1 Å². The minimum Gasteiger partial charge on any atom is -0.377 e. The maximum absolute atomic E-state index is 5.61. The maximum Gasteiger partial charge on any atom is 0.0986 e. The summed E-state index contributed by atoms with van der Waals surface area (Å²) in [5.74, 6) is 0. The van der Waals surface area contributed by atoms with Crippen molar-refractivity contribution in [1.82, 2.24) is 5.32 Å². The van der Waals surface area contributed by atoms with Crippen LogP contribution in [0.3, 0.4) is 0 Å². The zero-order chi connectivity index (χ0) is 12.3. The standard InChI is InChI=1S/C13H21NO2S/c1-4-16-12-7-11(13(12)15-3)14-8-10-6-5-9(2)17-10/h5-6,11-14H,4,7-8H2,1-3H3. The number of ether oxygens (including phenoxy) is 2. The van der Waals surface area contributed by atoms with Gasteiger partial charge in [0.2, 0.25) is 0 Å². The summed E-state index contributed by atoms with van der Waals surface area (Å²) >= 11 is 1.85. The van der Waals surface area contributed by atoms with Gasteiger partial charge in [0.1, 0.15) is 0 Å². The molecule has 0 amide bonds. The van der Waals surface area contributed by atoms with Crippen molar-refractivity contribution >= 4 is 11.3 Å². The zero-order valence-electron chi connectivity index (χ0n) is 10.7. The summed E-state index contributed by atoms with van der Waals surface area (Å²) in [6.07, 6.45) is 1.53. The van der Waals surface area contributed by atoms with Crippen molar-refractivity contribution in [3.8, 4) is 0 Å². The van der Waals surface area contributed by atoms with E-state index < -0.39 is 0 Å². The van der Waals surface area contributed by atoms with Gasteiger partial charge in [-0.05, 0) is 32.4 Å². The van der Waals surface area contributed by atoms with Crippen LogP contribution >= 0.6 is 11.3 Å². The molecular formula is C13H21NO2S. The molecule has 1 aromatic rings. The molecule has 1 aliphatic carbocycles. The Hall–Kier alpha value is -0.420. The molecule has 0 aliphatic heterocycles. The van der Waals surface area contributed by atoms with Crippen molar-refractivity contribution in [2.75, 3.05) is 13.7 Å². The highest BCUT2D eigenvalue weighted by molar-refractivity contribution is 7.11. The van der Waals surface area contributed by atoms with E-state index in [-0.39, 0.29) is 12.2 Å². The van der Waals surface area contributed by atoms with E-state index in [1.54, 1.807) is 7.11 Å². The third kappa shape index (κ3) is 3.07. The summed E-state index contributed by atoms with van der Waals surface area (Å²) in [6, 6.07) is 4.78. The second-order valence-electron chi connectivity index (χ2n) is 4.43. The molecule has 1 heterocycles. The maximum atomic E-state index is 5.61. The van der Waals surface area contributed by atoms with Crippen LogP contribution in [0.2, 0.25) is 0 Å². The Morgan fingerprint density at radius 2 is 2.29 bits per heavy atom. The van der Waals surface area contributed by atoms with E-state index in [2.05, 4.69) is 24.4 Å². The number of aryl methyl sites for hydroxylation is 1. The van der Waals surface area contributed by atoms with Gasteiger partial charge in [-0.1, -0.05) is 0 Å². The van der Waals surface area contributed by atoms with Gasteiger partial charge in [0.05, 0.1) is 12.2 Å². The molecule has 3 atom stereocenters. The van der Waals surface area contributed by atoms with Crippen molar-refractivity contribution < 1.29 is 9.47 Å². The summed E-state index contributed by atoms with van der Waals surface area (Å²) < 4.78 is 11.1. The molecule has 0 spiro atoms. The van der Waals surface area contributed by atoms with Gasteiger partial charge in [-0.2, -0.15) is 0 Å². The van der Waals surface area contributed by atoms with Gasteiger partial charge in [-0.15, -0.1) is 11.3 Å². The molecular weight excluding hydrogens is 234 g/mol. The summed E-state index contributed by atoms with van der Waals surface area (Å²) in [6.45, 7) is 5.87. The highest BCUT2D eigenvalue weighted by atomic mass is 32.1. The number of nitrogens with one attached hydrogen (secondary N) is 1. The fourth-order valence-corrected chi connectivity index (χ4v) is 3.13. The molecule has 0 aromatic carbocycles. The second-order valence-corrected chi connectivity index (χ2v) is 5.80. The van der Waals surface area contributed by atoms with E-state index in [1.807, 2.05) is 18.3 Å². The summed E-state index contributed by atoms with van der Waals surface area (Å²) in [4.78, 5) is 2.75. The van der Waals surface area contributed by atoms with Gasteiger partial charge in [0, 0.05) is 36.1 Å². The van der Waals surface area contributed by atoms with Gasteiger partial charge in [0.15, 0.2) is 0 Å². The molecule has 3 unspecified atom stereocenters. The first-order valence-corrected chi connectivity index (χ1v) is 6.99. The van der Waals surface area contributed by atoms with Gasteiger partial charge < -0.3 is 14.8 Å². The smallest absolute Gasteiger partial charge is 0.0986 e. The zero-order valence-corrected chi connectivity index (χ0v) is 11.5. The predicted molar refractivity (Wildman–Crippen MR) is 70.5 cm³/mol. The molecule has 1 saturated carbocycles. The van der Waals surface area contributed by atoms with Crippen molar-refractivity contribution in [1.29, 1.82) is 0 Å². The highest BCUT2D eigenvalue weighted by Gasteiger charge is 2.41. The van der Waals surface area contributed by atoms with Crippen LogP contribution in [-0.4, -0.2) is 32.0 Å². The van der Waals surface area contributed by atoms with Gasteiger partial charge in [-0.3, -0.25) is 0 Å². The molecule has 96 valence electrons. The summed E-state index contributed by atoms with van der Waals surface area (Å²) in [5, 5.41) is 3.54. The average molecular weight is 255 g/mol. The average Bonchev–Trinajstić information content (AvgIpc) is 2.69. The van der Waals surface area contributed by atoms with Crippen LogP contribution in [0, 0.1) is 6.92 Å². The fourth-order valence-electron chi connectivity index (χ4n) is 2.29. The first-order chi connectivity index (χ1) is 8.24. The molecule has 0 saturated heterocycles. The monoisotopic (exact) mass is 255 g/mol. The molecule has 1 fully saturated rings. The van der Waals surface area contributed by atoms with E-state index in [0.29, 0.717) is 6.04 Å². The fraction of sp³-hybridized carbons (Fsp3) is 0.692. The Morgan fingerprint density at radius 3 is 2.88 bits per heavy atom. The number of hydrogen-bond donors (Lipinski definition) is 1. The van der Waals surface area contributed by atoms with Crippen LogP contribution in [-0.2, 0) is 16.0 Å². The number of hydrogen-bond acceptors (Lipinski definition) is 4. The molecule has 1 aliphatic rings. The first-order valence-electron chi connectivity index (χ1n) is 6.17.